The lowest BCUT2D eigenvalue weighted by atomic mass is 10.1. The normalized spacial score (nSPS) is 31.6. The van der Waals surface area contributed by atoms with E-state index in [2.05, 4.69) is 0 Å². The molecule has 1 fully saturated rings. The molecule has 88 valence electrons. The van der Waals surface area contributed by atoms with E-state index in [4.69, 9.17) is 14.2 Å². The SMILES string of the molecule is CC(=O)OC=CC1=CCC2OC(C)(C)OC12. The lowest BCUT2D eigenvalue weighted by Crippen LogP contribution is -2.22. The van der Waals surface area contributed by atoms with Gasteiger partial charge in [-0.2, -0.15) is 0 Å². The van der Waals surface area contributed by atoms with Gasteiger partial charge in [0.15, 0.2) is 5.79 Å². The summed E-state index contributed by atoms with van der Waals surface area (Å²) in [5.74, 6) is -0.847. The summed E-state index contributed by atoms with van der Waals surface area (Å²) in [7, 11) is 0. The van der Waals surface area contributed by atoms with Crippen molar-refractivity contribution in [2.45, 2.75) is 45.2 Å². The van der Waals surface area contributed by atoms with Crippen LogP contribution in [0.3, 0.4) is 0 Å². The first-order valence-electron chi connectivity index (χ1n) is 5.37. The smallest absolute Gasteiger partial charge is 0.307 e. The Morgan fingerprint density at radius 1 is 1.56 bits per heavy atom. The van der Waals surface area contributed by atoms with Crippen LogP contribution in [0.15, 0.2) is 24.0 Å². The van der Waals surface area contributed by atoms with E-state index in [9.17, 15) is 4.79 Å². The standard InChI is InChI=1S/C12H16O4/c1-8(13)14-7-6-9-4-5-10-11(9)16-12(2,3)15-10/h4,6-7,10-11H,5H2,1-3H3. The van der Waals surface area contributed by atoms with Gasteiger partial charge >= 0.3 is 5.97 Å². The van der Waals surface area contributed by atoms with E-state index in [1.807, 2.05) is 19.9 Å². The first-order chi connectivity index (χ1) is 7.48. The van der Waals surface area contributed by atoms with Crippen molar-refractivity contribution in [2.24, 2.45) is 0 Å². The second-order valence-electron chi connectivity index (χ2n) is 4.45. The minimum absolute atomic E-state index is 0.0400. The maximum Gasteiger partial charge on any atom is 0.307 e. The van der Waals surface area contributed by atoms with Crippen LogP contribution in [0, 0.1) is 0 Å². The van der Waals surface area contributed by atoms with Gasteiger partial charge in [0, 0.05) is 6.92 Å². The van der Waals surface area contributed by atoms with Crippen molar-refractivity contribution in [1.29, 1.82) is 0 Å². The molecule has 1 heterocycles. The van der Waals surface area contributed by atoms with Crippen molar-refractivity contribution in [3.8, 4) is 0 Å². The summed E-state index contributed by atoms with van der Waals surface area (Å²) >= 11 is 0. The van der Waals surface area contributed by atoms with Gasteiger partial charge in [-0.15, -0.1) is 0 Å². The molecule has 2 unspecified atom stereocenters. The Labute approximate surface area is 94.9 Å². The molecule has 0 bridgehead atoms. The molecule has 0 aromatic heterocycles. The van der Waals surface area contributed by atoms with Crippen molar-refractivity contribution in [3.05, 3.63) is 24.0 Å². The number of hydrogen-bond donors (Lipinski definition) is 0. The van der Waals surface area contributed by atoms with E-state index >= 15 is 0 Å². The molecule has 0 spiro atoms. The summed E-state index contributed by atoms with van der Waals surface area (Å²) in [6, 6.07) is 0. The van der Waals surface area contributed by atoms with Crippen LogP contribution in [-0.2, 0) is 19.0 Å². The van der Waals surface area contributed by atoms with Gasteiger partial charge in [0.2, 0.25) is 0 Å². The molecule has 0 aromatic rings. The Bertz CT molecular complexity index is 354. The number of carbonyl (C=O) groups is 1. The number of rotatable bonds is 2. The largest absolute Gasteiger partial charge is 0.435 e. The van der Waals surface area contributed by atoms with E-state index in [1.54, 1.807) is 6.08 Å². The van der Waals surface area contributed by atoms with Crippen LogP contribution in [0.1, 0.15) is 27.2 Å². The zero-order chi connectivity index (χ0) is 11.8. The molecule has 0 amide bonds. The highest BCUT2D eigenvalue weighted by Gasteiger charge is 2.44. The quantitative estimate of drug-likeness (QED) is 0.531. The average molecular weight is 224 g/mol. The number of esters is 1. The monoisotopic (exact) mass is 224 g/mol. The van der Waals surface area contributed by atoms with Crippen LogP contribution in [-0.4, -0.2) is 24.0 Å². The minimum Gasteiger partial charge on any atom is -0.435 e. The second kappa shape index (κ2) is 4.03. The van der Waals surface area contributed by atoms with Crippen LogP contribution >= 0.6 is 0 Å². The van der Waals surface area contributed by atoms with Gasteiger partial charge in [0.25, 0.3) is 0 Å². The first-order valence-corrected chi connectivity index (χ1v) is 5.37. The molecule has 2 atom stereocenters. The molecular formula is C12H16O4. The molecule has 0 saturated carbocycles. The second-order valence-corrected chi connectivity index (χ2v) is 4.45. The summed E-state index contributed by atoms with van der Waals surface area (Å²) in [6.45, 7) is 5.17. The topological polar surface area (TPSA) is 44.8 Å². The highest BCUT2D eigenvalue weighted by molar-refractivity contribution is 5.66. The summed E-state index contributed by atoms with van der Waals surface area (Å²) in [5.41, 5.74) is 1.01. The summed E-state index contributed by atoms with van der Waals surface area (Å²) in [4.78, 5) is 10.6. The molecule has 2 rings (SSSR count). The molecule has 16 heavy (non-hydrogen) atoms. The third-order valence-corrected chi connectivity index (χ3v) is 2.59. The van der Waals surface area contributed by atoms with Crippen LogP contribution in [0.25, 0.3) is 0 Å². The Morgan fingerprint density at radius 2 is 2.31 bits per heavy atom. The van der Waals surface area contributed by atoms with Gasteiger partial charge in [0.05, 0.1) is 12.4 Å². The summed E-state index contributed by atoms with van der Waals surface area (Å²) in [6.07, 6.45) is 6.09. The van der Waals surface area contributed by atoms with Crippen molar-refractivity contribution in [2.75, 3.05) is 0 Å². The van der Waals surface area contributed by atoms with Gasteiger partial charge in [-0.3, -0.25) is 4.79 Å². The fourth-order valence-corrected chi connectivity index (χ4v) is 2.03. The van der Waals surface area contributed by atoms with E-state index in [1.165, 1.54) is 13.2 Å². The molecule has 0 aromatic carbocycles. The van der Waals surface area contributed by atoms with E-state index < -0.39 is 5.79 Å². The zero-order valence-corrected chi connectivity index (χ0v) is 9.73. The number of carbonyl (C=O) groups excluding carboxylic acids is 1. The van der Waals surface area contributed by atoms with E-state index in [-0.39, 0.29) is 18.2 Å². The van der Waals surface area contributed by atoms with Gasteiger partial charge in [-0.25, -0.2) is 0 Å². The van der Waals surface area contributed by atoms with Crippen LogP contribution in [0.4, 0.5) is 0 Å². The van der Waals surface area contributed by atoms with Gasteiger partial charge in [0.1, 0.15) is 6.10 Å². The fourth-order valence-electron chi connectivity index (χ4n) is 2.03. The number of hydrogen-bond acceptors (Lipinski definition) is 4. The molecule has 1 aliphatic heterocycles. The fraction of sp³-hybridized carbons (Fsp3) is 0.583. The van der Waals surface area contributed by atoms with E-state index in [0.29, 0.717) is 0 Å². The van der Waals surface area contributed by atoms with Crippen LogP contribution < -0.4 is 0 Å². The Hall–Kier alpha value is -1.13. The predicted molar refractivity (Wildman–Crippen MR) is 57.4 cm³/mol. The third-order valence-electron chi connectivity index (χ3n) is 2.59. The lowest BCUT2D eigenvalue weighted by Gasteiger charge is -2.17. The van der Waals surface area contributed by atoms with Gasteiger partial charge in [-0.05, 0) is 31.9 Å². The molecule has 0 radical (unpaired) electrons. The van der Waals surface area contributed by atoms with Crippen molar-refractivity contribution in [3.63, 3.8) is 0 Å². The molecule has 2 aliphatic rings. The molecule has 1 aliphatic carbocycles. The molecular weight excluding hydrogens is 208 g/mol. The molecule has 4 nitrogen and oxygen atoms in total. The Morgan fingerprint density at radius 3 is 3.00 bits per heavy atom. The minimum atomic E-state index is -0.524. The zero-order valence-electron chi connectivity index (χ0n) is 9.73. The van der Waals surface area contributed by atoms with Crippen molar-refractivity contribution >= 4 is 5.97 Å². The predicted octanol–water partition coefficient (Wildman–Crippen LogP) is 1.91. The van der Waals surface area contributed by atoms with Gasteiger partial charge < -0.3 is 14.2 Å². The Kier molecular flexibility index (Phi) is 2.86. The molecule has 0 N–H and O–H groups in total. The summed E-state index contributed by atoms with van der Waals surface area (Å²) in [5, 5.41) is 0. The molecule has 4 heteroatoms. The van der Waals surface area contributed by atoms with E-state index in [0.717, 1.165) is 12.0 Å². The van der Waals surface area contributed by atoms with Gasteiger partial charge in [-0.1, -0.05) is 6.08 Å². The van der Waals surface area contributed by atoms with Crippen molar-refractivity contribution < 1.29 is 19.0 Å². The summed E-state index contributed by atoms with van der Waals surface area (Å²) < 4.78 is 16.2. The highest BCUT2D eigenvalue weighted by Crippen LogP contribution is 2.38. The third kappa shape index (κ3) is 2.33. The first kappa shape index (κ1) is 11.4. The molecule has 1 saturated heterocycles. The number of ether oxygens (including phenoxy) is 3. The lowest BCUT2D eigenvalue weighted by molar-refractivity contribution is -0.144. The Balaban J connectivity index is 1.98. The van der Waals surface area contributed by atoms with Crippen LogP contribution in [0.2, 0.25) is 0 Å². The van der Waals surface area contributed by atoms with Crippen LogP contribution in [0.5, 0.6) is 0 Å². The maximum atomic E-state index is 10.6. The number of fused-ring (bicyclic) bond motifs is 1. The highest BCUT2D eigenvalue weighted by atomic mass is 16.8. The maximum absolute atomic E-state index is 10.6. The van der Waals surface area contributed by atoms with Crippen molar-refractivity contribution in [1.82, 2.24) is 0 Å². The average Bonchev–Trinajstić information content (AvgIpc) is 2.62.